The van der Waals surface area contributed by atoms with Gasteiger partial charge in [0.1, 0.15) is 0 Å². The van der Waals surface area contributed by atoms with Crippen molar-refractivity contribution in [3.63, 3.8) is 0 Å². The van der Waals surface area contributed by atoms with Crippen LogP contribution in [-0.2, 0) is 0 Å². The highest BCUT2D eigenvalue weighted by Gasteiger charge is 2.72. The molecule has 1 nitrogen and oxygen atoms in total. The molecule has 16 heavy (non-hydrogen) atoms. The molecule has 4 aliphatic carbocycles. The molecule has 0 aliphatic heterocycles. The van der Waals surface area contributed by atoms with E-state index >= 15 is 0 Å². The van der Waals surface area contributed by atoms with E-state index < -0.39 is 0 Å². The summed E-state index contributed by atoms with van der Waals surface area (Å²) >= 11 is 0. The van der Waals surface area contributed by atoms with Crippen LogP contribution >= 0.6 is 0 Å². The summed E-state index contributed by atoms with van der Waals surface area (Å²) in [5.41, 5.74) is 8.77. The lowest BCUT2D eigenvalue weighted by Gasteiger charge is -2.75. The molecule has 0 aromatic heterocycles. The van der Waals surface area contributed by atoms with E-state index in [-0.39, 0.29) is 5.54 Å². The SMILES string of the molecule is CC1=CC[C@H]2[C@H]3[C@H](C(C)C)CC[C@@]2(C)[C@]13N. The fraction of sp³-hybridized carbons (Fsp3) is 0.867. The van der Waals surface area contributed by atoms with Crippen LogP contribution in [0.1, 0.15) is 47.0 Å². The van der Waals surface area contributed by atoms with Crippen LogP contribution in [0.4, 0.5) is 0 Å². The van der Waals surface area contributed by atoms with E-state index in [1.807, 2.05) is 0 Å². The van der Waals surface area contributed by atoms with Gasteiger partial charge in [0, 0.05) is 5.54 Å². The standard InChI is InChI=1S/C15H25N/c1-9(2)11-7-8-14(4)12-6-5-10(3)15(14,16)13(11)12/h5,9,11-13H,6-8,16H2,1-4H3/t11-,12-,13+,14+,15-/m0/s1. The predicted molar refractivity (Wildman–Crippen MR) is 67.9 cm³/mol. The van der Waals surface area contributed by atoms with Crippen molar-refractivity contribution < 1.29 is 0 Å². The van der Waals surface area contributed by atoms with Crippen LogP contribution in [0.15, 0.2) is 11.6 Å². The number of rotatable bonds is 1. The summed E-state index contributed by atoms with van der Waals surface area (Å²) in [4.78, 5) is 0. The second-order valence-electron chi connectivity index (χ2n) is 6.99. The van der Waals surface area contributed by atoms with Crippen LogP contribution < -0.4 is 5.73 Å². The molecule has 2 fully saturated rings. The minimum Gasteiger partial charge on any atom is -0.321 e. The van der Waals surface area contributed by atoms with Gasteiger partial charge in [0.25, 0.3) is 0 Å². The topological polar surface area (TPSA) is 26.0 Å². The molecule has 0 heterocycles. The van der Waals surface area contributed by atoms with Crippen molar-refractivity contribution in [1.29, 1.82) is 0 Å². The second kappa shape index (κ2) is 2.93. The Kier molecular flexibility index (Phi) is 1.98. The van der Waals surface area contributed by atoms with E-state index in [9.17, 15) is 0 Å². The van der Waals surface area contributed by atoms with E-state index in [1.165, 1.54) is 24.8 Å². The quantitative estimate of drug-likeness (QED) is 0.672. The lowest BCUT2D eigenvalue weighted by Crippen LogP contribution is -2.80. The van der Waals surface area contributed by atoms with Gasteiger partial charge in [-0.1, -0.05) is 32.4 Å². The van der Waals surface area contributed by atoms with Crippen LogP contribution in [0.3, 0.4) is 0 Å². The third-order valence-corrected chi connectivity index (χ3v) is 6.37. The Labute approximate surface area is 99.5 Å². The van der Waals surface area contributed by atoms with Crippen molar-refractivity contribution in [1.82, 2.24) is 0 Å². The lowest BCUT2D eigenvalue weighted by molar-refractivity contribution is -0.197. The van der Waals surface area contributed by atoms with Crippen LogP contribution in [0.5, 0.6) is 0 Å². The Morgan fingerprint density at radius 1 is 1.44 bits per heavy atom. The third-order valence-electron chi connectivity index (χ3n) is 6.37. The van der Waals surface area contributed by atoms with Gasteiger partial charge < -0.3 is 5.73 Å². The molecule has 4 rings (SSSR count). The highest BCUT2D eigenvalue weighted by Crippen LogP contribution is 2.72. The number of fused-ring (bicyclic) bond motifs is 1. The first-order valence-electron chi connectivity index (χ1n) is 6.89. The lowest BCUT2D eigenvalue weighted by atomic mass is 9.31. The van der Waals surface area contributed by atoms with Gasteiger partial charge >= 0.3 is 0 Å². The summed E-state index contributed by atoms with van der Waals surface area (Å²) in [5, 5.41) is 0. The van der Waals surface area contributed by atoms with Gasteiger partial charge in [-0.2, -0.15) is 0 Å². The molecule has 4 aliphatic rings. The number of hydrogen-bond acceptors (Lipinski definition) is 1. The molecule has 0 aromatic rings. The maximum Gasteiger partial charge on any atom is 0.0457 e. The monoisotopic (exact) mass is 219 g/mol. The fourth-order valence-corrected chi connectivity index (χ4v) is 5.32. The maximum atomic E-state index is 6.83. The highest BCUT2D eigenvalue weighted by molar-refractivity contribution is 5.40. The fourth-order valence-electron chi connectivity index (χ4n) is 5.32. The molecule has 0 aromatic carbocycles. The predicted octanol–water partition coefficient (Wildman–Crippen LogP) is 3.35. The van der Waals surface area contributed by atoms with Gasteiger partial charge in [-0.3, -0.25) is 0 Å². The van der Waals surface area contributed by atoms with E-state index in [1.54, 1.807) is 0 Å². The smallest absolute Gasteiger partial charge is 0.0457 e. The van der Waals surface area contributed by atoms with Crippen LogP contribution in [-0.4, -0.2) is 5.54 Å². The highest BCUT2D eigenvalue weighted by atomic mass is 14.9. The molecule has 2 N–H and O–H groups in total. The molecule has 0 saturated heterocycles. The third kappa shape index (κ3) is 0.895. The second-order valence-corrected chi connectivity index (χ2v) is 6.99. The Bertz CT molecular complexity index is 356. The molecule has 0 radical (unpaired) electrons. The number of allylic oxidation sites excluding steroid dienone is 1. The number of nitrogens with two attached hydrogens (primary N) is 1. The average Bonchev–Trinajstić information content (AvgIpc) is 2.23. The van der Waals surface area contributed by atoms with Crippen molar-refractivity contribution in [3.8, 4) is 0 Å². The molecule has 0 amide bonds. The van der Waals surface area contributed by atoms with Crippen molar-refractivity contribution >= 4 is 0 Å². The molecule has 4 bridgehead atoms. The van der Waals surface area contributed by atoms with Gasteiger partial charge in [-0.15, -0.1) is 0 Å². The molecule has 90 valence electrons. The minimum atomic E-state index is 0.0447. The maximum absolute atomic E-state index is 6.83. The average molecular weight is 219 g/mol. The first-order chi connectivity index (χ1) is 7.43. The molecular weight excluding hydrogens is 194 g/mol. The molecule has 5 atom stereocenters. The summed E-state index contributed by atoms with van der Waals surface area (Å²) < 4.78 is 0. The van der Waals surface area contributed by atoms with Crippen molar-refractivity contribution in [2.24, 2.45) is 34.8 Å². The Hall–Kier alpha value is -0.300. The van der Waals surface area contributed by atoms with Crippen molar-refractivity contribution in [3.05, 3.63) is 11.6 Å². The largest absolute Gasteiger partial charge is 0.321 e. The Morgan fingerprint density at radius 3 is 2.75 bits per heavy atom. The normalized spacial score (nSPS) is 54.6. The molecular formula is C15H25N. The van der Waals surface area contributed by atoms with Gasteiger partial charge in [-0.25, -0.2) is 0 Å². The summed E-state index contributed by atoms with van der Waals surface area (Å²) in [5.74, 6) is 3.31. The van der Waals surface area contributed by atoms with Crippen LogP contribution in [0.25, 0.3) is 0 Å². The Morgan fingerprint density at radius 2 is 2.12 bits per heavy atom. The molecule has 0 spiro atoms. The number of hydrogen-bond donors (Lipinski definition) is 1. The summed E-state index contributed by atoms with van der Waals surface area (Å²) in [7, 11) is 0. The Balaban J connectivity index is 2.04. The summed E-state index contributed by atoms with van der Waals surface area (Å²) in [6.45, 7) is 9.47. The van der Waals surface area contributed by atoms with E-state index in [4.69, 9.17) is 5.73 Å². The van der Waals surface area contributed by atoms with Gasteiger partial charge in [0.15, 0.2) is 0 Å². The molecule has 1 heteroatoms. The van der Waals surface area contributed by atoms with Crippen molar-refractivity contribution in [2.75, 3.05) is 0 Å². The first kappa shape index (κ1) is 10.8. The summed E-state index contributed by atoms with van der Waals surface area (Å²) in [6.07, 6.45) is 6.45. The summed E-state index contributed by atoms with van der Waals surface area (Å²) in [6, 6.07) is 0. The zero-order valence-electron chi connectivity index (χ0n) is 11.1. The zero-order chi connectivity index (χ0) is 11.7. The van der Waals surface area contributed by atoms with E-state index in [0.717, 1.165) is 23.7 Å². The van der Waals surface area contributed by atoms with Gasteiger partial charge in [0.05, 0.1) is 0 Å². The first-order valence-corrected chi connectivity index (χ1v) is 6.89. The van der Waals surface area contributed by atoms with Crippen LogP contribution in [0, 0.1) is 29.1 Å². The minimum absolute atomic E-state index is 0.0447. The zero-order valence-corrected chi connectivity index (χ0v) is 11.1. The van der Waals surface area contributed by atoms with Gasteiger partial charge in [-0.05, 0) is 55.3 Å². The molecule has 0 unspecified atom stereocenters. The molecule has 2 saturated carbocycles. The van der Waals surface area contributed by atoms with Gasteiger partial charge in [0.2, 0.25) is 0 Å². The van der Waals surface area contributed by atoms with E-state index in [0.29, 0.717) is 5.41 Å². The van der Waals surface area contributed by atoms with E-state index in [2.05, 4.69) is 33.8 Å². The van der Waals surface area contributed by atoms with Crippen LogP contribution in [0.2, 0.25) is 0 Å². The van der Waals surface area contributed by atoms with Crippen molar-refractivity contribution in [2.45, 2.75) is 52.5 Å².